The van der Waals surface area contributed by atoms with Crippen molar-refractivity contribution in [2.45, 2.75) is 26.7 Å². The summed E-state index contributed by atoms with van der Waals surface area (Å²) in [5.74, 6) is -0.192. The van der Waals surface area contributed by atoms with E-state index in [1.165, 1.54) is 17.7 Å². The summed E-state index contributed by atoms with van der Waals surface area (Å²) in [5.41, 5.74) is 1.38. The summed E-state index contributed by atoms with van der Waals surface area (Å²) in [4.78, 5) is 0. The van der Waals surface area contributed by atoms with Crippen LogP contribution in [0, 0.1) is 11.2 Å². The van der Waals surface area contributed by atoms with E-state index in [0.717, 1.165) is 23.9 Å². The van der Waals surface area contributed by atoms with Crippen molar-refractivity contribution < 1.29 is 4.39 Å². The van der Waals surface area contributed by atoms with Gasteiger partial charge in [0, 0.05) is 11.0 Å². The molecule has 0 fully saturated rings. The molecule has 0 aliphatic heterocycles. The van der Waals surface area contributed by atoms with Gasteiger partial charge in [0.2, 0.25) is 0 Å². The Morgan fingerprint density at radius 3 is 2.62 bits per heavy atom. The van der Waals surface area contributed by atoms with Crippen LogP contribution < -0.4 is 5.32 Å². The molecule has 0 spiro atoms. The molecule has 16 heavy (non-hydrogen) atoms. The van der Waals surface area contributed by atoms with Crippen LogP contribution >= 0.6 is 15.9 Å². The summed E-state index contributed by atoms with van der Waals surface area (Å²) in [6, 6.07) is 4.92. The van der Waals surface area contributed by atoms with Gasteiger partial charge >= 0.3 is 0 Å². The van der Waals surface area contributed by atoms with Gasteiger partial charge < -0.3 is 5.32 Å². The number of nitrogens with one attached hydrogen (secondary N) is 1. The van der Waals surface area contributed by atoms with Crippen LogP contribution in [0.2, 0.25) is 0 Å². The molecular formula is C13H19BrFN. The summed E-state index contributed by atoms with van der Waals surface area (Å²) in [5, 5.41) is 3.22. The fraction of sp³-hybridized carbons (Fsp3) is 0.538. The van der Waals surface area contributed by atoms with Crippen LogP contribution in [-0.2, 0) is 6.42 Å². The first-order valence-electron chi connectivity index (χ1n) is 5.59. The average Bonchev–Trinajstić information content (AvgIpc) is 2.23. The van der Waals surface area contributed by atoms with Crippen molar-refractivity contribution in [2.24, 2.45) is 5.41 Å². The lowest BCUT2D eigenvalue weighted by Crippen LogP contribution is -2.31. The van der Waals surface area contributed by atoms with Gasteiger partial charge in [0.1, 0.15) is 5.82 Å². The van der Waals surface area contributed by atoms with Crippen LogP contribution in [0.1, 0.15) is 25.8 Å². The maximum atomic E-state index is 13.0. The zero-order valence-corrected chi connectivity index (χ0v) is 11.7. The van der Waals surface area contributed by atoms with Gasteiger partial charge in [-0.2, -0.15) is 0 Å². The Balaban J connectivity index is 2.85. The number of hydrogen-bond acceptors (Lipinski definition) is 1. The van der Waals surface area contributed by atoms with Crippen LogP contribution in [0.15, 0.2) is 22.7 Å². The summed E-state index contributed by atoms with van der Waals surface area (Å²) in [7, 11) is 1.97. The van der Waals surface area contributed by atoms with Gasteiger partial charge in [0.25, 0.3) is 0 Å². The lowest BCUT2D eigenvalue weighted by molar-refractivity contribution is 0.298. The SMILES string of the molecule is CCC(C)(CNC)Cc1ccc(F)cc1Br. The number of hydrogen-bond donors (Lipinski definition) is 1. The predicted molar refractivity (Wildman–Crippen MR) is 70.1 cm³/mol. The number of benzene rings is 1. The molecule has 0 aliphatic rings. The standard InChI is InChI=1S/C13H19BrFN/c1-4-13(2,9-16-3)8-10-5-6-11(15)7-12(10)14/h5-7,16H,4,8-9H2,1-3H3. The average molecular weight is 288 g/mol. The minimum atomic E-state index is -0.192. The maximum absolute atomic E-state index is 13.0. The Kier molecular flexibility index (Phi) is 4.93. The van der Waals surface area contributed by atoms with Crippen molar-refractivity contribution in [1.29, 1.82) is 0 Å². The summed E-state index contributed by atoms with van der Waals surface area (Å²) in [6.07, 6.45) is 2.04. The molecule has 0 saturated heterocycles. The fourth-order valence-corrected chi connectivity index (χ4v) is 2.36. The Morgan fingerprint density at radius 1 is 1.44 bits per heavy atom. The molecule has 1 nitrogen and oxygen atoms in total. The molecule has 1 aromatic rings. The Morgan fingerprint density at radius 2 is 2.12 bits per heavy atom. The Labute approximate surface area is 106 Å². The van der Waals surface area contributed by atoms with E-state index in [9.17, 15) is 4.39 Å². The van der Waals surface area contributed by atoms with Gasteiger partial charge in [-0.3, -0.25) is 0 Å². The normalized spacial score (nSPS) is 14.8. The lowest BCUT2D eigenvalue weighted by atomic mass is 9.81. The third kappa shape index (κ3) is 3.56. The van der Waals surface area contributed by atoms with Gasteiger partial charge in [-0.1, -0.05) is 35.8 Å². The van der Waals surface area contributed by atoms with Crippen LogP contribution in [0.25, 0.3) is 0 Å². The van der Waals surface area contributed by atoms with Gasteiger partial charge in [0.05, 0.1) is 0 Å². The van der Waals surface area contributed by atoms with Crippen molar-refractivity contribution >= 4 is 15.9 Å². The Bertz CT molecular complexity index is 354. The van der Waals surface area contributed by atoms with E-state index >= 15 is 0 Å². The molecule has 1 N–H and O–H groups in total. The molecule has 0 bridgehead atoms. The molecule has 1 rings (SSSR count). The lowest BCUT2D eigenvalue weighted by Gasteiger charge is -2.28. The van der Waals surface area contributed by atoms with Crippen molar-refractivity contribution in [3.05, 3.63) is 34.1 Å². The van der Waals surface area contributed by atoms with Crippen molar-refractivity contribution in [3.8, 4) is 0 Å². The quantitative estimate of drug-likeness (QED) is 0.869. The third-order valence-electron chi connectivity index (χ3n) is 3.09. The van der Waals surface area contributed by atoms with E-state index in [1.807, 2.05) is 13.1 Å². The second kappa shape index (κ2) is 5.78. The minimum absolute atomic E-state index is 0.192. The third-order valence-corrected chi connectivity index (χ3v) is 3.83. The molecule has 0 aromatic heterocycles. The van der Waals surface area contributed by atoms with Crippen LogP contribution in [0.4, 0.5) is 4.39 Å². The van der Waals surface area contributed by atoms with Crippen molar-refractivity contribution in [3.63, 3.8) is 0 Å². The van der Waals surface area contributed by atoms with Crippen LogP contribution in [-0.4, -0.2) is 13.6 Å². The molecular weight excluding hydrogens is 269 g/mol. The van der Waals surface area contributed by atoms with E-state index in [0.29, 0.717) is 0 Å². The van der Waals surface area contributed by atoms with E-state index in [4.69, 9.17) is 0 Å². The zero-order chi connectivity index (χ0) is 12.2. The highest BCUT2D eigenvalue weighted by Gasteiger charge is 2.22. The fourth-order valence-electron chi connectivity index (χ4n) is 1.86. The molecule has 1 unspecified atom stereocenters. The first-order valence-corrected chi connectivity index (χ1v) is 6.38. The summed E-state index contributed by atoms with van der Waals surface area (Å²) in [6.45, 7) is 5.40. The minimum Gasteiger partial charge on any atom is -0.319 e. The van der Waals surface area contributed by atoms with Crippen molar-refractivity contribution in [1.82, 2.24) is 5.32 Å². The van der Waals surface area contributed by atoms with E-state index in [1.54, 1.807) is 0 Å². The van der Waals surface area contributed by atoms with Gasteiger partial charge in [0.15, 0.2) is 0 Å². The van der Waals surface area contributed by atoms with Crippen LogP contribution in [0.3, 0.4) is 0 Å². The maximum Gasteiger partial charge on any atom is 0.124 e. The molecule has 1 aromatic carbocycles. The molecule has 0 amide bonds. The molecule has 3 heteroatoms. The monoisotopic (exact) mass is 287 g/mol. The second-order valence-corrected chi connectivity index (χ2v) is 5.46. The molecule has 0 radical (unpaired) electrons. The predicted octanol–water partition coefficient (Wildman–Crippen LogP) is 3.77. The van der Waals surface area contributed by atoms with E-state index in [2.05, 4.69) is 35.1 Å². The first-order chi connectivity index (χ1) is 7.50. The Hall–Kier alpha value is -0.410. The topological polar surface area (TPSA) is 12.0 Å². The molecule has 90 valence electrons. The second-order valence-electron chi connectivity index (χ2n) is 4.61. The summed E-state index contributed by atoms with van der Waals surface area (Å²) >= 11 is 3.42. The van der Waals surface area contributed by atoms with E-state index < -0.39 is 0 Å². The highest BCUT2D eigenvalue weighted by molar-refractivity contribution is 9.10. The molecule has 0 aliphatic carbocycles. The molecule has 0 heterocycles. The molecule has 0 saturated carbocycles. The largest absolute Gasteiger partial charge is 0.319 e. The highest BCUT2D eigenvalue weighted by Crippen LogP contribution is 2.29. The summed E-state index contributed by atoms with van der Waals surface area (Å²) < 4.78 is 13.8. The zero-order valence-electron chi connectivity index (χ0n) is 10.1. The number of rotatable bonds is 5. The smallest absolute Gasteiger partial charge is 0.124 e. The van der Waals surface area contributed by atoms with Gasteiger partial charge in [-0.05, 0) is 43.0 Å². The number of halogens is 2. The van der Waals surface area contributed by atoms with Gasteiger partial charge in [-0.15, -0.1) is 0 Å². The van der Waals surface area contributed by atoms with Gasteiger partial charge in [-0.25, -0.2) is 4.39 Å². The highest BCUT2D eigenvalue weighted by atomic mass is 79.9. The van der Waals surface area contributed by atoms with Crippen molar-refractivity contribution in [2.75, 3.05) is 13.6 Å². The molecule has 1 atom stereocenters. The van der Waals surface area contributed by atoms with E-state index in [-0.39, 0.29) is 11.2 Å². The van der Waals surface area contributed by atoms with Crippen LogP contribution in [0.5, 0.6) is 0 Å². The first kappa shape index (κ1) is 13.7.